The number of rotatable bonds is 6. The number of hydrogen-bond acceptors (Lipinski definition) is 5. The van der Waals surface area contributed by atoms with Gasteiger partial charge in [0, 0.05) is 18.0 Å². The summed E-state index contributed by atoms with van der Waals surface area (Å²) in [5, 5.41) is 0.589. The van der Waals surface area contributed by atoms with Crippen LogP contribution in [-0.4, -0.2) is 45.8 Å². The van der Waals surface area contributed by atoms with Gasteiger partial charge in [-0.25, -0.2) is 18.9 Å². The molecule has 3 aromatic rings. The molecule has 4 rings (SSSR count). The van der Waals surface area contributed by atoms with Crippen LogP contribution in [-0.2, 0) is 27.1 Å². The molecule has 8 heteroatoms. The number of halogens is 1. The SMILES string of the molecule is CC(C)(C)OC(=O)n1cc(CCCC(=O)N2C(=O)OCC2Cc2ccccc2)c2cc(F)ccc21. The molecule has 35 heavy (non-hydrogen) atoms. The monoisotopic (exact) mass is 480 g/mol. The zero-order valence-corrected chi connectivity index (χ0v) is 20.1. The number of carbonyl (C=O) groups excluding carboxylic acids is 3. The maximum absolute atomic E-state index is 14.0. The normalized spacial score (nSPS) is 15.9. The van der Waals surface area contributed by atoms with Gasteiger partial charge < -0.3 is 9.47 Å². The molecule has 1 saturated heterocycles. The third-order valence-electron chi connectivity index (χ3n) is 5.82. The van der Waals surface area contributed by atoms with Gasteiger partial charge in [0.2, 0.25) is 5.91 Å². The van der Waals surface area contributed by atoms with Crippen molar-refractivity contribution in [3.05, 3.63) is 71.7 Å². The lowest BCUT2D eigenvalue weighted by atomic mass is 10.0. The highest BCUT2D eigenvalue weighted by atomic mass is 19.1. The average molecular weight is 481 g/mol. The first-order chi connectivity index (χ1) is 16.6. The van der Waals surface area contributed by atoms with Crippen LogP contribution in [0.1, 0.15) is 44.7 Å². The van der Waals surface area contributed by atoms with Gasteiger partial charge in [-0.05, 0) is 69.4 Å². The predicted octanol–water partition coefficient (Wildman–Crippen LogP) is 5.48. The van der Waals surface area contributed by atoms with E-state index in [0.29, 0.717) is 30.2 Å². The third kappa shape index (κ3) is 5.70. The Kier molecular flexibility index (Phi) is 6.91. The maximum atomic E-state index is 14.0. The van der Waals surface area contributed by atoms with Crippen LogP contribution in [0.25, 0.3) is 10.9 Å². The van der Waals surface area contributed by atoms with E-state index >= 15 is 0 Å². The molecule has 1 aliphatic rings. The molecular formula is C27H29FN2O5. The lowest BCUT2D eigenvalue weighted by molar-refractivity contribution is -0.129. The first kappa shape index (κ1) is 24.4. The number of ether oxygens (including phenoxy) is 2. The van der Waals surface area contributed by atoms with Crippen LogP contribution in [0, 0.1) is 5.82 Å². The minimum absolute atomic E-state index is 0.120. The number of cyclic esters (lactones) is 1. The molecule has 0 saturated carbocycles. The number of benzene rings is 2. The van der Waals surface area contributed by atoms with E-state index in [4.69, 9.17) is 9.47 Å². The standard InChI is InChI=1S/C27H29FN2O5/c1-27(2,3)35-25(32)29-16-19(22-15-20(28)12-13-23(22)29)10-7-11-24(31)30-21(17-34-26(30)33)14-18-8-5-4-6-9-18/h4-6,8-9,12-13,15-16,21H,7,10-11,14,17H2,1-3H3. The fourth-order valence-corrected chi connectivity index (χ4v) is 4.28. The van der Waals surface area contributed by atoms with Gasteiger partial charge in [-0.1, -0.05) is 30.3 Å². The lowest BCUT2D eigenvalue weighted by Crippen LogP contribution is -2.40. The Hall–Kier alpha value is -3.68. The van der Waals surface area contributed by atoms with Crippen LogP contribution in [0.4, 0.5) is 14.0 Å². The second kappa shape index (κ2) is 9.90. The van der Waals surface area contributed by atoms with Gasteiger partial charge in [0.05, 0.1) is 11.6 Å². The van der Waals surface area contributed by atoms with Crippen molar-refractivity contribution in [2.24, 2.45) is 0 Å². The molecule has 1 fully saturated rings. The van der Waals surface area contributed by atoms with E-state index in [-0.39, 0.29) is 25.0 Å². The second-order valence-corrected chi connectivity index (χ2v) is 9.70. The molecule has 1 aliphatic heterocycles. The zero-order valence-electron chi connectivity index (χ0n) is 20.1. The molecule has 0 bridgehead atoms. The van der Waals surface area contributed by atoms with E-state index in [1.54, 1.807) is 27.0 Å². The van der Waals surface area contributed by atoms with Crippen LogP contribution in [0.2, 0.25) is 0 Å². The Balaban J connectivity index is 1.45. The van der Waals surface area contributed by atoms with Crippen LogP contribution < -0.4 is 0 Å². The number of aryl methyl sites for hydroxylation is 1. The number of amides is 2. The molecule has 7 nitrogen and oxygen atoms in total. The van der Waals surface area contributed by atoms with Gasteiger partial charge in [-0.3, -0.25) is 9.36 Å². The van der Waals surface area contributed by atoms with Crippen molar-refractivity contribution >= 4 is 29.0 Å². The van der Waals surface area contributed by atoms with Crippen molar-refractivity contribution in [2.75, 3.05) is 6.61 Å². The lowest BCUT2D eigenvalue weighted by Gasteiger charge is -2.19. The molecule has 184 valence electrons. The van der Waals surface area contributed by atoms with Crippen molar-refractivity contribution in [3.63, 3.8) is 0 Å². The summed E-state index contributed by atoms with van der Waals surface area (Å²) < 4.78 is 26.0. The smallest absolute Gasteiger partial charge is 0.419 e. The number of imide groups is 1. The number of aromatic nitrogens is 1. The number of nitrogens with zero attached hydrogens (tertiary/aromatic N) is 2. The maximum Gasteiger partial charge on any atom is 0.419 e. The zero-order chi connectivity index (χ0) is 25.2. The van der Waals surface area contributed by atoms with Gasteiger partial charge in [0.25, 0.3) is 0 Å². The van der Waals surface area contributed by atoms with E-state index in [2.05, 4.69) is 0 Å². The van der Waals surface area contributed by atoms with Gasteiger partial charge in [0.1, 0.15) is 18.0 Å². The highest BCUT2D eigenvalue weighted by Crippen LogP contribution is 2.26. The third-order valence-corrected chi connectivity index (χ3v) is 5.82. The minimum Gasteiger partial charge on any atom is -0.447 e. The summed E-state index contributed by atoms with van der Waals surface area (Å²) in [6.45, 7) is 5.49. The summed E-state index contributed by atoms with van der Waals surface area (Å²) >= 11 is 0. The molecule has 0 aliphatic carbocycles. The Morgan fingerprint density at radius 3 is 2.60 bits per heavy atom. The van der Waals surface area contributed by atoms with Gasteiger partial charge in [0.15, 0.2) is 0 Å². The summed E-state index contributed by atoms with van der Waals surface area (Å²) in [6, 6.07) is 13.5. The summed E-state index contributed by atoms with van der Waals surface area (Å²) in [5.74, 6) is -0.726. The van der Waals surface area contributed by atoms with E-state index in [0.717, 1.165) is 11.1 Å². The van der Waals surface area contributed by atoms with Gasteiger partial charge in [-0.15, -0.1) is 0 Å². The van der Waals surface area contributed by atoms with Gasteiger partial charge in [-0.2, -0.15) is 0 Å². The van der Waals surface area contributed by atoms with E-state index < -0.39 is 23.6 Å². The number of carbonyl (C=O) groups is 3. The quantitative estimate of drug-likeness (QED) is 0.467. The molecule has 0 radical (unpaired) electrons. The second-order valence-electron chi connectivity index (χ2n) is 9.70. The molecule has 0 spiro atoms. The Labute approximate surface area is 203 Å². The van der Waals surface area contributed by atoms with Crippen LogP contribution in [0.3, 0.4) is 0 Å². The van der Waals surface area contributed by atoms with Crippen molar-refractivity contribution in [3.8, 4) is 0 Å². The first-order valence-electron chi connectivity index (χ1n) is 11.7. The molecule has 2 heterocycles. The van der Waals surface area contributed by atoms with Crippen molar-refractivity contribution < 1.29 is 28.2 Å². The average Bonchev–Trinajstić information content (AvgIpc) is 3.33. The summed E-state index contributed by atoms with van der Waals surface area (Å²) in [7, 11) is 0. The number of hydrogen-bond donors (Lipinski definition) is 0. The largest absolute Gasteiger partial charge is 0.447 e. The molecule has 1 atom stereocenters. The Bertz CT molecular complexity index is 1250. The van der Waals surface area contributed by atoms with E-state index in [1.807, 2.05) is 30.3 Å². The van der Waals surface area contributed by atoms with Crippen molar-refractivity contribution in [1.29, 1.82) is 0 Å². The summed E-state index contributed by atoms with van der Waals surface area (Å²) in [4.78, 5) is 39.1. The summed E-state index contributed by atoms with van der Waals surface area (Å²) in [6.07, 6.45) is 1.94. The van der Waals surface area contributed by atoms with E-state index in [1.165, 1.54) is 27.7 Å². The molecule has 2 aromatic carbocycles. The molecule has 0 N–H and O–H groups in total. The van der Waals surface area contributed by atoms with Crippen LogP contribution in [0.15, 0.2) is 54.7 Å². The highest BCUT2D eigenvalue weighted by molar-refractivity contribution is 5.94. The highest BCUT2D eigenvalue weighted by Gasteiger charge is 2.37. The van der Waals surface area contributed by atoms with Crippen molar-refractivity contribution in [2.45, 2.75) is 58.1 Å². The molecular weight excluding hydrogens is 451 g/mol. The predicted molar refractivity (Wildman–Crippen MR) is 129 cm³/mol. The Morgan fingerprint density at radius 1 is 1.14 bits per heavy atom. The van der Waals surface area contributed by atoms with Crippen LogP contribution >= 0.6 is 0 Å². The van der Waals surface area contributed by atoms with Crippen LogP contribution in [0.5, 0.6) is 0 Å². The van der Waals surface area contributed by atoms with E-state index in [9.17, 15) is 18.8 Å². The fraction of sp³-hybridized carbons (Fsp3) is 0.370. The van der Waals surface area contributed by atoms with Crippen molar-refractivity contribution in [1.82, 2.24) is 9.47 Å². The molecule has 1 unspecified atom stereocenters. The fourth-order valence-electron chi connectivity index (χ4n) is 4.28. The molecule has 1 aromatic heterocycles. The minimum atomic E-state index is -0.680. The van der Waals surface area contributed by atoms with Gasteiger partial charge >= 0.3 is 12.2 Å². The summed E-state index contributed by atoms with van der Waals surface area (Å²) in [5.41, 5.74) is 1.60. The molecule has 2 amide bonds. The topological polar surface area (TPSA) is 77.8 Å². The number of fused-ring (bicyclic) bond motifs is 1. The Morgan fingerprint density at radius 2 is 1.89 bits per heavy atom. The first-order valence-corrected chi connectivity index (χ1v) is 11.7.